The summed E-state index contributed by atoms with van der Waals surface area (Å²) in [4.78, 5) is 39.8. The lowest BCUT2D eigenvalue weighted by molar-refractivity contribution is -0.244. The second kappa shape index (κ2) is 5.21. The Kier molecular flexibility index (Phi) is 5.37. The van der Waals surface area contributed by atoms with Crippen molar-refractivity contribution < 1.29 is 41.8 Å². The third-order valence-corrected chi connectivity index (χ3v) is 4.83. The van der Waals surface area contributed by atoms with E-state index in [0.717, 1.165) is 0 Å². The summed E-state index contributed by atoms with van der Waals surface area (Å²) < 4.78 is 31.9. The van der Waals surface area contributed by atoms with Crippen LogP contribution in [0, 0.1) is 0 Å². The minimum Gasteiger partial charge on any atom is -0.788 e. The second-order valence-corrected chi connectivity index (χ2v) is 6.73. The maximum Gasteiger partial charge on any atom is 0.278 e. The topological polar surface area (TPSA) is 151 Å². The molecule has 0 radical (unpaired) electrons. The van der Waals surface area contributed by atoms with Crippen LogP contribution in [0.25, 0.3) is 0 Å². The maximum atomic E-state index is 11.0. The van der Waals surface area contributed by atoms with E-state index in [-0.39, 0.29) is 6.61 Å². The van der Waals surface area contributed by atoms with E-state index >= 15 is 0 Å². The van der Waals surface area contributed by atoms with Crippen LogP contribution in [-0.4, -0.2) is 17.8 Å². The lowest BCUT2D eigenvalue weighted by Crippen LogP contribution is -2.15. The number of hydrogen-bond donors (Lipinski definition) is 1. The van der Waals surface area contributed by atoms with Crippen LogP contribution in [0.2, 0.25) is 0 Å². The van der Waals surface area contributed by atoms with Crippen LogP contribution in [-0.2, 0) is 22.3 Å². The Morgan fingerprint density at radius 3 is 2.07 bits per heavy atom. The summed E-state index contributed by atoms with van der Waals surface area (Å²) in [6, 6.07) is 0. The van der Waals surface area contributed by atoms with Crippen molar-refractivity contribution in [2.45, 2.75) is 6.92 Å². The molecule has 12 heteroatoms. The van der Waals surface area contributed by atoms with Gasteiger partial charge in [0.15, 0.2) is 0 Å². The molecule has 1 N–H and O–H groups in total. The zero-order valence-corrected chi connectivity index (χ0v) is 10.2. The molecule has 0 aromatic heterocycles. The van der Waals surface area contributed by atoms with Crippen molar-refractivity contribution >= 4 is 29.5 Å². The fourth-order valence-corrected chi connectivity index (χ4v) is 3.71. The smallest absolute Gasteiger partial charge is 0.278 e. The first-order valence-corrected chi connectivity index (χ1v) is 8.02. The Hall–Kier alpha value is 0.480. The number of rotatable bonds is 6. The van der Waals surface area contributed by atoms with Gasteiger partial charge in [0, 0.05) is 6.61 Å². The fraction of sp³-hybridized carbons (Fsp3) is 0.667. The molecule has 9 nitrogen and oxygen atoms in total. The first kappa shape index (κ1) is 15.5. The number of phosphoric acid groups is 2. The average Bonchev–Trinajstić information content (AvgIpc) is 1.74. The molecule has 0 rings (SSSR count). The van der Waals surface area contributed by atoms with Gasteiger partial charge in [-0.3, -0.25) is 13.4 Å². The van der Waals surface area contributed by atoms with Gasteiger partial charge in [0.05, 0.1) is 7.57 Å². The standard InChI is InChI=1S/C3H10O9P3/c1-3-10-13(2,4)11-15(8,9)12-14(5,6)7/h2-3H2,1H3,(H3-,4,5,6,7,8,9)/q-1/p-2. The van der Waals surface area contributed by atoms with Crippen molar-refractivity contribution in [3.63, 3.8) is 0 Å². The SMILES string of the molecule is C=P([O-])(OCC)OP(=O)([O-])OP(=O)([O-])O. The highest BCUT2D eigenvalue weighted by atomic mass is 31.3. The normalized spacial score (nSPS) is 23.8. The van der Waals surface area contributed by atoms with Crippen molar-refractivity contribution in [1.82, 2.24) is 0 Å². The highest BCUT2D eigenvalue weighted by Crippen LogP contribution is 2.61. The van der Waals surface area contributed by atoms with Gasteiger partial charge < -0.3 is 24.1 Å². The predicted octanol–water partition coefficient (Wildman–Crippen LogP) is -1.46. The quantitative estimate of drug-likeness (QED) is 0.575. The van der Waals surface area contributed by atoms with Crippen LogP contribution < -0.4 is 14.7 Å². The first-order chi connectivity index (χ1) is 6.47. The van der Waals surface area contributed by atoms with Crippen LogP contribution in [0.5, 0.6) is 0 Å². The van der Waals surface area contributed by atoms with E-state index in [2.05, 4.69) is 19.4 Å². The van der Waals surface area contributed by atoms with Gasteiger partial charge in [-0.2, -0.15) is 0 Å². The van der Waals surface area contributed by atoms with E-state index in [4.69, 9.17) is 4.89 Å². The molecule has 0 bridgehead atoms. The third kappa shape index (κ3) is 8.30. The van der Waals surface area contributed by atoms with E-state index in [1.165, 1.54) is 6.92 Å². The fourth-order valence-electron chi connectivity index (χ4n) is 0.514. The molecule has 0 aromatic carbocycles. The first-order valence-electron chi connectivity index (χ1n) is 3.34. The highest BCUT2D eigenvalue weighted by Gasteiger charge is 2.19. The van der Waals surface area contributed by atoms with Crippen molar-refractivity contribution in [3.8, 4) is 0 Å². The molecule has 0 fully saturated rings. The minimum atomic E-state index is -5.55. The van der Waals surface area contributed by atoms with Crippen molar-refractivity contribution in [1.29, 1.82) is 0 Å². The number of hydrogen-bond acceptors (Lipinski definition) is 8. The molecule has 3 unspecified atom stereocenters. The molecule has 0 aliphatic rings. The van der Waals surface area contributed by atoms with Crippen LogP contribution in [0.3, 0.4) is 0 Å². The van der Waals surface area contributed by atoms with Crippen LogP contribution in [0.1, 0.15) is 6.92 Å². The van der Waals surface area contributed by atoms with E-state index in [0.29, 0.717) is 0 Å². The summed E-state index contributed by atoms with van der Waals surface area (Å²) in [7, 11) is -15.3. The Balaban J connectivity index is 4.59. The summed E-state index contributed by atoms with van der Waals surface area (Å²) >= 11 is 0. The molecule has 0 aromatic rings. The molecule has 15 heavy (non-hydrogen) atoms. The van der Waals surface area contributed by atoms with Gasteiger partial charge in [-0.05, 0) is 6.92 Å². The third-order valence-electron chi connectivity index (χ3n) is 0.753. The van der Waals surface area contributed by atoms with Gasteiger partial charge in [0.25, 0.3) is 15.6 Å². The summed E-state index contributed by atoms with van der Waals surface area (Å²) in [5.41, 5.74) is 0. The van der Waals surface area contributed by atoms with Crippen molar-refractivity contribution in [3.05, 3.63) is 0 Å². The van der Waals surface area contributed by atoms with Crippen molar-refractivity contribution in [2.24, 2.45) is 0 Å². The molecule has 0 spiro atoms. The van der Waals surface area contributed by atoms with Crippen LogP contribution >= 0.6 is 23.2 Å². The van der Waals surface area contributed by atoms with E-state index in [9.17, 15) is 23.8 Å². The second-order valence-electron chi connectivity index (χ2n) is 2.11. The Bertz CT molecular complexity index is 343. The molecule has 0 saturated heterocycles. The largest absolute Gasteiger partial charge is 0.788 e. The molecule has 92 valence electrons. The van der Waals surface area contributed by atoms with Crippen LogP contribution in [0.4, 0.5) is 0 Å². The zero-order chi connectivity index (χ0) is 12.3. The minimum absolute atomic E-state index is 0.172. The van der Waals surface area contributed by atoms with Gasteiger partial charge >= 0.3 is 0 Å². The van der Waals surface area contributed by atoms with Crippen LogP contribution in [0.15, 0.2) is 0 Å². The molecular formula is C3H8O9P3-3. The van der Waals surface area contributed by atoms with Gasteiger partial charge in [-0.25, -0.2) is 4.31 Å². The summed E-state index contributed by atoms with van der Waals surface area (Å²) in [5.74, 6) is 0. The average molecular weight is 281 g/mol. The molecule has 0 aliphatic carbocycles. The summed E-state index contributed by atoms with van der Waals surface area (Å²) in [6.45, 7) is 1.21. The molecule has 0 saturated carbocycles. The summed E-state index contributed by atoms with van der Waals surface area (Å²) in [5, 5.41) is 0. The van der Waals surface area contributed by atoms with E-state index < -0.39 is 23.2 Å². The van der Waals surface area contributed by atoms with Gasteiger partial charge in [-0.15, -0.1) is 0 Å². The van der Waals surface area contributed by atoms with Gasteiger partial charge in [-0.1, -0.05) is 6.30 Å². The molecule has 3 atom stereocenters. The molecular weight excluding hydrogens is 273 g/mol. The monoisotopic (exact) mass is 281 g/mol. The van der Waals surface area contributed by atoms with Gasteiger partial charge in [0.1, 0.15) is 0 Å². The van der Waals surface area contributed by atoms with Crippen molar-refractivity contribution in [2.75, 3.05) is 6.61 Å². The highest BCUT2D eigenvalue weighted by molar-refractivity contribution is 7.69. The Morgan fingerprint density at radius 1 is 1.27 bits per heavy atom. The lowest BCUT2D eigenvalue weighted by atomic mass is 10.9. The maximum absolute atomic E-state index is 11.0. The van der Waals surface area contributed by atoms with E-state index in [1.807, 2.05) is 0 Å². The van der Waals surface area contributed by atoms with E-state index in [1.54, 1.807) is 0 Å². The Morgan fingerprint density at radius 2 is 1.73 bits per heavy atom. The zero-order valence-electron chi connectivity index (χ0n) is 7.47. The Labute approximate surface area is 85.7 Å². The molecule has 0 amide bonds. The molecule has 0 heterocycles. The lowest BCUT2D eigenvalue weighted by Gasteiger charge is -2.36. The van der Waals surface area contributed by atoms with Gasteiger partial charge in [0.2, 0.25) is 0 Å². The summed E-state index contributed by atoms with van der Waals surface area (Å²) in [6.07, 6.45) is 2.76. The predicted molar refractivity (Wildman–Crippen MR) is 45.3 cm³/mol. The molecule has 0 aliphatic heterocycles.